The minimum absolute atomic E-state index is 0.0412. The van der Waals surface area contributed by atoms with Crippen LogP contribution in [0.2, 0.25) is 0 Å². The summed E-state index contributed by atoms with van der Waals surface area (Å²) >= 11 is 0. The zero-order chi connectivity index (χ0) is 56.5. The molecule has 19 nitrogen and oxygen atoms in total. The van der Waals surface area contributed by atoms with Crippen molar-refractivity contribution < 1.29 is 33.6 Å². The summed E-state index contributed by atoms with van der Waals surface area (Å²) in [6, 6.07) is 27.5. The molecule has 0 saturated heterocycles. The lowest BCUT2D eigenvalue weighted by atomic mass is 10.1. The molecule has 8 rings (SSSR count). The number of aliphatic hydroxyl groups excluding tert-OH is 1. The molecule has 78 heavy (non-hydrogen) atoms. The van der Waals surface area contributed by atoms with E-state index in [1.165, 1.54) is 37.1 Å². The molecule has 8 aromatic rings. The summed E-state index contributed by atoms with van der Waals surface area (Å²) in [6.07, 6.45) is 3.92. The molecule has 0 fully saturated rings. The summed E-state index contributed by atoms with van der Waals surface area (Å²) < 4.78 is 27.5. The summed E-state index contributed by atoms with van der Waals surface area (Å²) in [5, 5.41) is 11.0. The van der Waals surface area contributed by atoms with Crippen LogP contribution in [0, 0.1) is 23.7 Å². The van der Waals surface area contributed by atoms with Gasteiger partial charge in [0.15, 0.2) is 22.3 Å². The Kier molecular flexibility index (Phi) is 21.1. The number of aromatic nitrogens is 8. The van der Waals surface area contributed by atoms with Crippen LogP contribution in [0.4, 0.5) is 0 Å². The lowest BCUT2D eigenvalue weighted by Gasteiger charge is -2.16. The number of fused-ring (bicyclic) bond motifs is 4. The lowest BCUT2D eigenvalue weighted by Crippen LogP contribution is -2.40. The average Bonchev–Trinajstić information content (AvgIpc) is 3.56. The molecule has 0 saturated carbocycles. The lowest BCUT2D eigenvalue weighted by molar-refractivity contribution is -0.142. The Hall–Kier alpha value is -8.50. The number of esters is 2. The zero-order valence-corrected chi connectivity index (χ0v) is 45.8. The molecule has 0 aliphatic carbocycles. The number of rotatable bonds is 19. The van der Waals surface area contributed by atoms with Crippen molar-refractivity contribution in [2.75, 3.05) is 20.3 Å². The zero-order valence-electron chi connectivity index (χ0n) is 45.8. The molecule has 19 heteroatoms. The molecule has 0 amide bonds. The van der Waals surface area contributed by atoms with Gasteiger partial charge in [-0.2, -0.15) is 0 Å². The van der Waals surface area contributed by atoms with Crippen molar-refractivity contribution >= 4 is 55.8 Å². The quantitative estimate of drug-likeness (QED) is 0.0474. The molecule has 0 aliphatic rings. The largest absolute Gasteiger partial charge is 0.487 e. The van der Waals surface area contributed by atoms with E-state index in [2.05, 4.69) is 16.8 Å². The van der Waals surface area contributed by atoms with Gasteiger partial charge in [0.25, 0.3) is 11.1 Å². The minimum Gasteiger partial charge on any atom is -0.487 e. The maximum atomic E-state index is 13.0. The van der Waals surface area contributed by atoms with E-state index in [4.69, 9.17) is 39.0 Å². The standard InChI is InChI=1S/C29H34N4O5.C29H30N4O5.CH4O/c2*1-19(2)17-33-27-26(28(35)32(4)29(33)36)30-23(14-6-5-9-16-37-20(3)34)24(31-27)18-38-25-15-10-12-21-11-7-8-13-22(21)25;1-2/h7-8,10-13,15,19H,5-6,9,14,16-18H2,1-4H3;7-8,10-13,15,19H,5,9,16-18H2,1-4H3;2H,1H3. The molecule has 4 heterocycles. The molecule has 0 bridgehead atoms. The average molecular weight is 1070 g/mol. The molecule has 410 valence electrons. The third-order valence-electron chi connectivity index (χ3n) is 12.2. The first-order valence-corrected chi connectivity index (χ1v) is 25.9. The second kappa shape index (κ2) is 28.0. The Balaban J connectivity index is 0.000000245. The van der Waals surface area contributed by atoms with E-state index >= 15 is 0 Å². The molecular formula is C59H68N8O11. The van der Waals surface area contributed by atoms with Crippen LogP contribution in [0.15, 0.2) is 104 Å². The maximum absolute atomic E-state index is 13.0. The fourth-order valence-electron chi connectivity index (χ4n) is 8.47. The van der Waals surface area contributed by atoms with Crippen molar-refractivity contribution in [1.82, 2.24) is 38.2 Å². The van der Waals surface area contributed by atoms with Crippen LogP contribution in [0.3, 0.4) is 0 Å². The molecule has 0 radical (unpaired) electrons. The van der Waals surface area contributed by atoms with E-state index in [1.54, 1.807) is 0 Å². The van der Waals surface area contributed by atoms with Gasteiger partial charge < -0.3 is 24.1 Å². The van der Waals surface area contributed by atoms with Gasteiger partial charge >= 0.3 is 23.3 Å². The van der Waals surface area contributed by atoms with E-state index in [9.17, 15) is 28.8 Å². The highest BCUT2D eigenvalue weighted by molar-refractivity contribution is 5.89. The molecular weight excluding hydrogens is 997 g/mol. The Labute approximate surface area is 451 Å². The van der Waals surface area contributed by atoms with Crippen molar-refractivity contribution in [1.29, 1.82) is 0 Å². The van der Waals surface area contributed by atoms with Gasteiger partial charge in [-0.15, -0.1) is 0 Å². The first kappa shape index (κ1) is 58.8. The number of unbranched alkanes of at least 4 members (excludes halogenated alkanes) is 3. The molecule has 1 N–H and O–H groups in total. The number of aryl methyl sites for hydroxylation is 1. The van der Waals surface area contributed by atoms with E-state index in [1.807, 2.05) is 113 Å². The number of hydrogen-bond donors (Lipinski definition) is 1. The van der Waals surface area contributed by atoms with Gasteiger partial charge in [0, 0.05) is 65.3 Å². The maximum Gasteiger partial charge on any atom is 0.332 e. The second-order valence-corrected chi connectivity index (χ2v) is 19.2. The van der Waals surface area contributed by atoms with Crippen LogP contribution in [-0.2, 0) is 65.9 Å². The molecule has 0 unspecified atom stereocenters. The molecule has 0 aliphatic heterocycles. The summed E-state index contributed by atoms with van der Waals surface area (Å²) in [6.45, 7) is 12.4. The van der Waals surface area contributed by atoms with Gasteiger partial charge in [-0.1, -0.05) is 106 Å². The van der Waals surface area contributed by atoms with E-state index in [-0.39, 0.29) is 65.9 Å². The number of carbonyl (C=O) groups is 2. The minimum atomic E-state index is -0.531. The van der Waals surface area contributed by atoms with Gasteiger partial charge in [-0.05, 0) is 72.8 Å². The first-order chi connectivity index (χ1) is 37.5. The Morgan fingerprint density at radius 1 is 0.564 bits per heavy atom. The van der Waals surface area contributed by atoms with Crippen LogP contribution in [0.25, 0.3) is 43.9 Å². The summed E-state index contributed by atoms with van der Waals surface area (Å²) in [4.78, 5) is 92.7. The van der Waals surface area contributed by atoms with Crippen molar-refractivity contribution in [3.63, 3.8) is 0 Å². The molecule has 0 atom stereocenters. The Morgan fingerprint density at radius 3 is 1.54 bits per heavy atom. The van der Waals surface area contributed by atoms with Crippen molar-refractivity contribution in [2.45, 2.75) is 106 Å². The monoisotopic (exact) mass is 1060 g/mol. The summed E-state index contributed by atoms with van der Waals surface area (Å²) in [5.41, 5.74) is 0.869. The number of nitrogens with zero attached hydrogens (tertiary/aromatic N) is 8. The Bertz CT molecular complexity index is 3730. The predicted octanol–water partition coefficient (Wildman–Crippen LogP) is 7.34. The highest BCUT2D eigenvalue weighted by Gasteiger charge is 2.21. The summed E-state index contributed by atoms with van der Waals surface area (Å²) in [7, 11) is 3.90. The predicted molar refractivity (Wildman–Crippen MR) is 299 cm³/mol. The smallest absolute Gasteiger partial charge is 0.332 e. The normalized spacial score (nSPS) is 11.0. The highest BCUT2D eigenvalue weighted by atomic mass is 16.5. The SMILES string of the molecule is CC(=O)OCCCC#Cc1nc2c(=O)n(C)c(=O)n(CC(C)C)c2nc1COc1cccc2ccccc12.CC(=O)OCCCCCc1nc2c(=O)n(C)c(=O)n(CC(C)C)c2nc1COc1cccc2ccccc12.CO. The van der Waals surface area contributed by atoms with E-state index < -0.39 is 22.5 Å². The van der Waals surface area contributed by atoms with Crippen LogP contribution < -0.4 is 32.0 Å². The van der Waals surface area contributed by atoms with E-state index in [0.29, 0.717) is 67.5 Å². The van der Waals surface area contributed by atoms with Crippen molar-refractivity contribution in [2.24, 2.45) is 25.9 Å². The molecule has 4 aromatic heterocycles. The van der Waals surface area contributed by atoms with Gasteiger partial charge in [0.2, 0.25) is 0 Å². The topological polar surface area (TPSA) is 231 Å². The number of ether oxygens (including phenoxy) is 4. The Morgan fingerprint density at radius 2 is 1.03 bits per heavy atom. The second-order valence-electron chi connectivity index (χ2n) is 19.2. The number of hydrogen-bond acceptors (Lipinski definition) is 15. The van der Waals surface area contributed by atoms with Crippen LogP contribution in [0.5, 0.6) is 11.5 Å². The third kappa shape index (κ3) is 14.9. The number of benzene rings is 4. The van der Waals surface area contributed by atoms with Gasteiger partial charge in [-0.25, -0.2) is 29.5 Å². The fraction of sp³-hybridized carbons (Fsp3) is 0.390. The van der Waals surface area contributed by atoms with Crippen molar-refractivity contribution in [3.8, 4) is 23.3 Å². The van der Waals surface area contributed by atoms with Crippen LogP contribution in [0.1, 0.15) is 96.4 Å². The number of carbonyl (C=O) groups excluding carboxylic acids is 2. The summed E-state index contributed by atoms with van der Waals surface area (Å²) in [5.74, 6) is 7.11. The van der Waals surface area contributed by atoms with Crippen LogP contribution >= 0.6 is 0 Å². The highest BCUT2D eigenvalue weighted by Crippen LogP contribution is 2.28. The molecule has 4 aromatic carbocycles. The third-order valence-corrected chi connectivity index (χ3v) is 12.2. The van der Waals surface area contributed by atoms with Gasteiger partial charge in [-0.3, -0.25) is 37.4 Å². The van der Waals surface area contributed by atoms with Crippen LogP contribution in [-0.4, -0.2) is 75.6 Å². The van der Waals surface area contributed by atoms with Gasteiger partial charge in [0.05, 0.1) is 18.9 Å². The van der Waals surface area contributed by atoms with Gasteiger partial charge in [0.1, 0.15) is 41.8 Å². The van der Waals surface area contributed by atoms with E-state index in [0.717, 1.165) is 62.8 Å². The number of aliphatic hydroxyl groups is 1. The molecule has 0 spiro atoms. The van der Waals surface area contributed by atoms with Crippen molar-refractivity contribution in [3.05, 3.63) is 149 Å². The first-order valence-electron chi connectivity index (χ1n) is 25.9. The fourth-order valence-corrected chi connectivity index (χ4v) is 8.47.